The molecule has 4 rings (SSSR count). The highest BCUT2D eigenvalue weighted by Crippen LogP contribution is 2.33. The van der Waals surface area contributed by atoms with Gasteiger partial charge in [0.25, 0.3) is 5.91 Å². The molecule has 1 atom stereocenters. The molecule has 1 unspecified atom stereocenters. The molecule has 2 aromatic rings. The number of hydrogen-bond donors (Lipinski definition) is 2. The van der Waals surface area contributed by atoms with Crippen LogP contribution in [0.3, 0.4) is 0 Å². The normalized spacial score (nSPS) is 16.4. The lowest BCUT2D eigenvalue weighted by Gasteiger charge is -2.23. The van der Waals surface area contributed by atoms with Crippen molar-refractivity contribution in [2.24, 2.45) is 0 Å². The summed E-state index contributed by atoms with van der Waals surface area (Å²) in [6.45, 7) is 4.08. The second-order valence-corrected chi connectivity index (χ2v) is 6.46. The molecule has 0 aliphatic carbocycles. The average Bonchev–Trinajstić information content (AvgIpc) is 2.67. The first-order valence-electron chi connectivity index (χ1n) is 8.78. The Morgan fingerprint density at radius 3 is 2.88 bits per heavy atom. The van der Waals surface area contributed by atoms with E-state index in [2.05, 4.69) is 10.6 Å². The van der Waals surface area contributed by atoms with Crippen molar-refractivity contribution in [3.8, 4) is 11.5 Å². The monoisotopic (exact) mass is 338 g/mol. The van der Waals surface area contributed by atoms with Gasteiger partial charge in [-0.1, -0.05) is 12.1 Å². The van der Waals surface area contributed by atoms with E-state index in [0.717, 1.165) is 53.3 Å². The van der Waals surface area contributed by atoms with Crippen molar-refractivity contribution in [1.82, 2.24) is 5.32 Å². The quantitative estimate of drug-likeness (QED) is 0.901. The molecule has 2 aromatic carbocycles. The molecule has 0 fully saturated rings. The summed E-state index contributed by atoms with van der Waals surface area (Å²) in [5.41, 5.74) is 3.95. The Bertz CT molecular complexity index is 804. The van der Waals surface area contributed by atoms with Crippen molar-refractivity contribution in [3.05, 3.63) is 53.1 Å². The lowest BCUT2D eigenvalue weighted by atomic mass is 9.96. The van der Waals surface area contributed by atoms with Crippen LogP contribution in [0.4, 0.5) is 5.69 Å². The van der Waals surface area contributed by atoms with E-state index in [1.165, 1.54) is 0 Å². The van der Waals surface area contributed by atoms with E-state index < -0.39 is 0 Å². The van der Waals surface area contributed by atoms with Gasteiger partial charge in [-0.25, -0.2) is 0 Å². The van der Waals surface area contributed by atoms with Gasteiger partial charge in [0, 0.05) is 17.8 Å². The van der Waals surface area contributed by atoms with E-state index in [1.54, 1.807) is 0 Å². The number of hydrogen-bond acceptors (Lipinski definition) is 4. The highest BCUT2D eigenvalue weighted by atomic mass is 16.6. The van der Waals surface area contributed by atoms with Gasteiger partial charge in [0.2, 0.25) is 0 Å². The third kappa shape index (κ3) is 3.14. The van der Waals surface area contributed by atoms with E-state index >= 15 is 0 Å². The van der Waals surface area contributed by atoms with Crippen molar-refractivity contribution in [2.45, 2.75) is 25.8 Å². The topological polar surface area (TPSA) is 59.6 Å². The van der Waals surface area contributed by atoms with Gasteiger partial charge in [-0.3, -0.25) is 4.79 Å². The van der Waals surface area contributed by atoms with Gasteiger partial charge in [-0.2, -0.15) is 0 Å². The molecular weight excluding hydrogens is 316 g/mol. The number of carbonyl (C=O) groups excluding carboxylic acids is 1. The van der Waals surface area contributed by atoms with Crippen LogP contribution in [0.25, 0.3) is 0 Å². The molecule has 25 heavy (non-hydrogen) atoms. The lowest BCUT2D eigenvalue weighted by molar-refractivity contribution is 0.0938. The predicted octanol–water partition coefficient (Wildman–Crippen LogP) is 3.31. The zero-order valence-corrected chi connectivity index (χ0v) is 14.3. The summed E-state index contributed by atoms with van der Waals surface area (Å²) < 4.78 is 11.2. The number of nitrogens with one attached hydrogen (secondary N) is 2. The zero-order chi connectivity index (χ0) is 17.2. The molecule has 0 radical (unpaired) electrons. The summed E-state index contributed by atoms with van der Waals surface area (Å²) in [5, 5.41) is 6.47. The van der Waals surface area contributed by atoms with E-state index in [1.807, 2.05) is 43.3 Å². The predicted molar refractivity (Wildman–Crippen MR) is 96.6 cm³/mol. The van der Waals surface area contributed by atoms with Crippen molar-refractivity contribution in [1.29, 1.82) is 0 Å². The minimum absolute atomic E-state index is 0.0389. The van der Waals surface area contributed by atoms with Crippen LogP contribution >= 0.6 is 0 Å². The molecule has 2 N–H and O–H groups in total. The summed E-state index contributed by atoms with van der Waals surface area (Å²) in [6, 6.07) is 11.6. The Morgan fingerprint density at radius 1 is 1.16 bits per heavy atom. The van der Waals surface area contributed by atoms with E-state index in [-0.39, 0.29) is 11.9 Å². The second-order valence-electron chi connectivity index (χ2n) is 6.46. The van der Waals surface area contributed by atoms with Gasteiger partial charge >= 0.3 is 0 Å². The summed E-state index contributed by atoms with van der Waals surface area (Å²) in [4.78, 5) is 12.8. The van der Waals surface area contributed by atoms with E-state index in [4.69, 9.17) is 9.47 Å². The number of ether oxygens (including phenoxy) is 2. The standard InChI is InChI=1S/C20H22N2O3/c1-13(14-7-8-18-19(12-14)25-11-10-24-18)22-20(23)16-4-2-6-17-15(16)5-3-9-21-17/h2,4,6-8,12-13,21H,3,5,9-11H2,1H3,(H,22,23). The highest BCUT2D eigenvalue weighted by Gasteiger charge is 2.20. The second kappa shape index (κ2) is 6.67. The van der Waals surface area contributed by atoms with Crippen LogP contribution in [0, 0.1) is 0 Å². The maximum Gasteiger partial charge on any atom is 0.252 e. The fourth-order valence-corrected chi connectivity index (χ4v) is 3.41. The van der Waals surface area contributed by atoms with Crippen molar-refractivity contribution in [3.63, 3.8) is 0 Å². The van der Waals surface area contributed by atoms with Crippen molar-refractivity contribution < 1.29 is 14.3 Å². The highest BCUT2D eigenvalue weighted by molar-refractivity contribution is 5.97. The molecule has 130 valence electrons. The number of benzene rings is 2. The number of fused-ring (bicyclic) bond motifs is 2. The molecule has 0 spiro atoms. The van der Waals surface area contributed by atoms with E-state index in [9.17, 15) is 4.79 Å². The Kier molecular flexibility index (Phi) is 4.22. The number of anilines is 1. The van der Waals surface area contributed by atoms with Crippen LogP contribution in [-0.2, 0) is 6.42 Å². The molecule has 2 aliphatic heterocycles. The molecule has 0 saturated carbocycles. The van der Waals surface area contributed by atoms with Gasteiger partial charge in [0.05, 0.1) is 6.04 Å². The van der Waals surface area contributed by atoms with Crippen LogP contribution in [0.1, 0.15) is 40.9 Å². The minimum atomic E-state index is -0.115. The van der Waals surface area contributed by atoms with Crippen LogP contribution in [-0.4, -0.2) is 25.7 Å². The van der Waals surface area contributed by atoms with Crippen LogP contribution in [0.15, 0.2) is 36.4 Å². The SMILES string of the molecule is CC(NC(=O)c1cccc2c1CCCN2)c1ccc2c(c1)OCCO2. The fourth-order valence-electron chi connectivity index (χ4n) is 3.41. The molecule has 5 heteroatoms. The number of amides is 1. The molecular formula is C20H22N2O3. The number of rotatable bonds is 3. The first kappa shape index (κ1) is 15.8. The van der Waals surface area contributed by atoms with E-state index in [0.29, 0.717) is 13.2 Å². The van der Waals surface area contributed by atoms with Gasteiger partial charge < -0.3 is 20.1 Å². The lowest BCUT2D eigenvalue weighted by Crippen LogP contribution is -2.28. The number of carbonyl (C=O) groups is 1. The third-order valence-corrected chi connectivity index (χ3v) is 4.75. The van der Waals surface area contributed by atoms with Gasteiger partial charge in [-0.05, 0) is 55.2 Å². The fraction of sp³-hybridized carbons (Fsp3) is 0.350. The Labute approximate surface area is 147 Å². The van der Waals surface area contributed by atoms with Crippen molar-refractivity contribution in [2.75, 3.05) is 25.1 Å². The third-order valence-electron chi connectivity index (χ3n) is 4.75. The molecule has 0 bridgehead atoms. The summed E-state index contributed by atoms with van der Waals surface area (Å²) >= 11 is 0. The Hall–Kier alpha value is -2.69. The smallest absolute Gasteiger partial charge is 0.252 e. The maximum absolute atomic E-state index is 12.8. The maximum atomic E-state index is 12.8. The largest absolute Gasteiger partial charge is 0.486 e. The van der Waals surface area contributed by atoms with Gasteiger partial charge in [-0.15, -0.1) is 0 Å². The summed E-state index contributed by atoms with van der Waals surface area (Å²) in [7, 11) is 0. The average molecular weight is 338 g/mol. The van der Waals surface area contributed by atoms with Gasteiger partial charge in [0.15, 0.2) is 11.5 Å². The Morgan fingerprint density at radius 2 is 2.00 bits per heavy atom. The molecule has 5 nitrogen and oxygen atoms in total. The van der Waals surface area contributed by atoms with Crippen LogP contribution in [0.5, 0.6) is 11.5 Å². The zero-order valence-electron chi connectivity index (χ0n) is 14.3. The minimum Gasteiger partial charge on any atom is -0.486 e. The van der Waals surface area contributed by atoms with Crippen LogP contribution in [0.2, 0.25) is 0 Å². The molecule has 1 amide bonds. The molecule has 0 saturated heterocycles. The molecule has 2 aliphatic rings. The first-order chi connectivity index (χ1) is 12.2. The van der Waals surface area contributed by atoms with Gasteiger partial charge in [0.1, 0.15) is 13.2 Å². The summed E-state index contributed by atoms with van der Waals surface area (Å²) in [6.07, 6.45) is 1.99. The first-order valence-corrected chi connectivity index (χ1v) is 8.78. The summed E-state index contributed by atoms with van der Waals surface area (Å²) in [5.74, 6) is 1.46. The molecule has 2 heterocycles. The van der Waals surface area contributed by atoms with Crippen molar-refractivity contribution >= 4 is 11.6 Å². The van der Waals surface area contributed by atoms with Crippen LogP contribution < -0.4 is 20.1 Å². The Balaban J connectivity index is 1.53. The molecule has 0 aromatic heterocycles.